The number of benzene rings is 1. The Kier molecular flexibility index (Phi) is 6.91. The van der Waals surface area contributed by atoms with Crippen molar-refractivity contribution in [2.45, 2.75) is 39.7 Å². The lowest BCUT2D eigenvalue weighted by atomic mass is 9.97. The topological polar surface area (TPSA) is 145 Å². The number of oxazole rings is 1. The Labute approximate surface area is 160 Å². The molecular formula is C18H23N3O7. The Morgan fingerprint density at radius 2 is 2.07 bits per heavy atom. The predicted octanol–water partition coefficient (Wildman–Crippen LogP) is 2.15. The number of aromatic nitrogens is 1. The highest BCUT2D eigenvalue weighted by atomic mass is 16.6. The minimum absolute atomic E-state index is 0.0601. The number of aryl methyl sites for hydroxylation is 1. The number of nitrogens with zero attached hydrogens (tertiary/aromatic N) is 2. The molecule has 28 heavy (non-hydrogen) atoms. The molecule has 0 bridgehead atoms. The number of hydrogen-bond acceptors (Lipinski definition) is 6. The highest BCUT2D eigenvalue weighted by Gasteiger charge is 2.20. The van der Waals surface area contributed by atoms with E-state index in [9.17, 15) is 29.6 Å². The van der Waals surface area contributed by atoms with Crippen molar-refractivity contribution >= 4 is 28.7 Å². The lowest BCUT2D eigenvalue weighted by Gasteiger charge is -2.15. The molecule has 152 valence electrons. The molecule has 2 aromatic rings. The average molecular weight is 393 g/mol. The van der Waals surface area contributed by atoms with E-state index in [1.807, 2.05) is 13.8 Å². The molecule has 0 aliphatic carbocycles. The summed E-state index contributed by atoms with van der Waals surface area (Å²) >= 11 is 0. The van der Waals surface area contributed by atoms with Crippen LogP contribution in [0.3, 0.4) is 0 Å². The summed E-state index contributed by atoms with van der Waals surface area (Å²) in [6.45, 7) is 4.09. The number of aliphatic carboxylic acids is 1. The van der Waals surface area contributed by atoms with Crippen LogP contribution in [0.15, 0.2) is 27.4 Å². The molecule has 2 rings (SSSR count). The van der Waals surface area contributed by atoms with Gasteiger partial charge in [-0.1, -0.05) is 13.8 Å². The van der Waals surface area contributed by atoms with Crippen LogP contribution in [0, 0.1) is 22.0 Å². The van der Waals surface area contributed by atoms with Crippen LogP contribution in [0.1, 0.15) is 33.1 Å². The molecule has 0 saturated heterocycles. The number of carboxylic acid groups (broad SMARTS) is 1. The van der Waals surface area contributed by atoms with Gasteiger partial charge in [-0.3, -0.25) is 24.3 Å². The fraction of sp³-hybridized carbons (Fsp3) is 0.500. The van der Waals surface area contributed by atoms with E-state index in [-0.39, 0.29) is 42.6 Å². The second-order valence-corrected chi connectivity index (χ2v) is 7.00. The number of fused-ring (bicyclic) bond motifs is 1. The van der Waals surface area contributed by atoms with Crippen molar-refractivity contribution in [2.75, 3.05) is 6.54 Å². The summed E-state index contributed by atoms with van der Waals surface area (Å²) in [6.07, 6.45) is 0.914. The number of rotatable bonds is 10. The van der Waals surface area contributed by atoms with Crippen LogP contribution in [0.5, 0.6) is 0 Å². The molecule has 0 aliphatic rings. The van der Waals surface area contributed by atoms with Gasteiger partial charge in [0.2, 0.25) is 5.91 Å². The third-order valence-corrected chi connectivity index (χ3v) is 4.30. The molecule has 10 heteroatoms. The van der Waals surface area contributed by atoms with E-state index in [1.54, 1.807) is 0 Å². The highest BCUT2D eigenvalue weighted by molar-refractivity contribution is 5.77. The zero-order valence-corrected chi connectivity index (χ0v) is 15.7. The molecule has 10 nitrogen and oxygen atoms in total. The van der Waals surface area contributed by atoms with Crippen LogP contribution in [0.4, 0.5) is 5.69 Å². The Balaban J connectivity index is 1.91. The third kappa shape index (κ3) is 5.41. The molecule has 0 radical (unpaired) electrons. The molecule has 1 atom stereocenters. The van der Waals surface area contributed by atoms with Gasteiger partial charge in [-0.05, 0) is 24.8 Å². The maximum atomic E-state index is 12.0. The lowest BCUT2D eigenvalue weighted by Crippen LogP contribution is -2.33. The molecule has 0 aliphatic heterocycles. The summed E-state index contributed by atoms with van der Waals surface area (Å²) in [5.41, 5.74) is 0.350. The van der Waals surface area contributed by atoms with Gasteiger partial charge in [-0.25, -0.2) is 4.79 Å². The number of non-ortho nitro benzene ring substituents is 1. The van der Waals surface area contributed by atoms with Crippen LogP contribution in [-0.4, -0.2) is 33.0 Å². The predicted molar refractivity (Wildman–Crippen MR) is 100.0 cm³/mol. The molecule has 2 N–H and O–H groups in total. The van der Waals surface area contributed by atoms with E-state index in [1.165, 1.54) is 22.8 Å². The molecule has 1 aromatic carbocycles. The Morgan fingerprint density at radius 3 is 2.68 bits per heavy atom. The highest BCUT2D eigenvalue weighted by Crippen LogP contribution is 2.20. The van der Waals surface area contributed by atoms with Crippen LogP contribution in [-0.2, 0) is 16.1 Å². The molecule has 1 unspecified atom stereocenters. The fourth-order valence-electron chi connectivity index (χ4n) is 2.94. The molecule has 0 saturated carbocycles. The zero-order chi connectivity index (χ0) is 20.8. The van der Waals surface area contributed by atoms with Crippen molar-refractivity contribution in [1.29, 1.82) is 0 Å². The molecule has 0 spiro atoms. The number of nitro benzene ring substituents is 1. The van der Waals surface area contributed by atoms with Crippen LogP contribution in [0.25, 0.3) is 11.1 Å². The van der Waals surface area contributed by atoms with Gasteiger partial charge in [0.1, 0.15) is 0 Å². The van der Waals surface area contributed by atoms with Crippen molar-refractivity contribution < 1.29 is 24.0 Å². The number of amides is 1. The zero-order valence-electron chi connectivity index (χ0n) is 15.7. The summed E-state index contributed by atoms with van der Waals surface area (Å²) < 4.78 is 6.34. The van der Waals surface area contributed by atoms with Gasteiger partial charge < -0.3 is 14.8 Å². The van der Waals surface area contributed by atoms with Gasteiger partial charge in [0.15, 0.2) is 5.58 Å². The third-order valence-electron chi connectivity index (χ3n) is 4.30. The number of nitro groups is 1. The molecule has 1 amide bonds. The van der Waals surface area contributed by atoms with Gasteiger partial charge in [-0.2, -0.15) is 0 Å². The second-order valence-electron chi connectivity index (χ2n) is 7.00. The summed E-state index contributed by atoms with van der Waals surface area (Å²) in [6, 6.07) is 3.89. The number of carbonyl (C=O) groups is 2. The molecular weight excluding hydrogens is 370 g/mol. The Morgan fingerprint density at radius 1 is 1.36 bits per heavy atom. The number of carboxylic acids is 1. The van der Waals surface area contributed by atoms with E-state index < -0.39 is 22.6 Å². The monoisotopic (exact) mass is 393 g/mol. The van der Waals surface area contributed by atoms with Gasteiger partial charge in [0.05, 0.1) is 22.4 Å². The van der Waals surface area contributed by atoms with E-state index in [4.69, 9.17) is 4.42 Å². The van der Waals surface area contributed by atoms with Crippen LogP contribution >= 0.6 is 0 Å². The number of hydrogen-bond donors (Lipinski definition) is 2. The fourth-order valence-corrected chi connectivity index (χ4v) is 2.94. The normalized spacial score (nSPS) is 12.2. The van der Waals surface area contributed by atoms with Crippen molar-refractivity contribution in [3.8, 4) is 0 Å². The van der Waals surface area contributed by atoms with Gasteiger partial charge >= 0.3 is 11.7 Å². The average Bonchev–Trinajstić information content (AvgIpc) is 2.92. The van der Waals surface area contributed by atoms with Crippen molar-refractivity contribution in [2.24, 2.45) is 11.8 Å². The SMILES string of the molecule is CC(C)CC(CNC(=O)CCCn1c(=O)oc2cc([N+](=O)[O-])ccc21)C(=O)O. The first-order valence-corrected chi connectivity index (χ1v) is 8.96. The van der Waals surface area contributed by atoms with E-state index in [2.05, 4.69) is 5.32 Å². The minimum Gasteiger partial charge on any atom is -0.481 e. The Bertz CT molecular complexity index is 929. The maximum Gasteiger partial charge on any atom is 0.419 e. The lowest BCUT2D eigenvalue weighted by molar-refractivity contribution is -0.384. The smallest absolute Gasteiger partial charge is 0.419 e. The first-order chi connectivity index (χ1) is 13.2. The van der Waals surface area contributed by atoms with Crippen molar-refractivity contribution in [1.82, 2.24) is 9.88 Å². The van der Waals surface area contributed by atoms with E-state index >= 15 is 0 Å². The first kappa shape index (κ1) is 21.1. The minimum atomic E-state index is -0.945. The number of nitrogens with one attached hydrogen (secondary N) is 1. The molecule has 1 heterocycles. The van der Waals surface area contributed by atoms with Crippen LogP contribution < -0.4 is 11.1 Å². The maximum absolute atomic E-state index is 12.0. The Hall–Kier alpha value is -3.17. The van der Waals surface area contributed by atoms with Gasteiger partial charge in [-0.15, -0.1) is 0 Å². The largest absolute Gasteiger partial charge is 0.481 e. The number of carbonyl (C=O) groups excluding carboxylic acids is 1. The van der Waals surface area contributed by atoms with Gasteiger partial charge in [0, 0.05) is 25.6 Å². The summed E-state index contributed by atoms with van der Waals surface area (Å²) in [5, 5.41) is 22.6. The molecule has 1 aromatic heterocycles. The molecule has 0 fully saturated rings. The van der Waals surface area contributed by atoms with E-state index in [0.29, 0.717) is 18.4 Å². The van der Waals surface area contributed by atoms with E-state index in [0.717, 1.165) is 0 Å². The van der Waals surface area contributed by atoms with Crippen molar-refractivity contribution in [3.05, 3.63) is 38.9 Å². The summed E-state index contributed by atoms with van der Waals surface area (Å²) in [7, 11) is 0. The summed E-state index contributed by atoms with van der Waals surface area (Å²) in [5.74, 6) is -2.33. The second kappa shape index (κ2) is 9.16. The van der Waals surface area contributed by atoms with Crippen molar-refractivity contribution in [3.63, 3.8) is 0 Å². The van der Waals surface area contributed by atoms with Crippen LogP contribution in [0.2, 0.25) is 0 Å². The standard InChI is InChI=1S/C18H23N3O7/c1-11(2)8-12(17(23)24)10-19-16(22)4-3-7-20-14-6-5-13(21(26)27)9-15(14)28-18(20)25/h5-6,9,11-12H,3-4,7-8,10H2,1-2H3,(H,19,22)(H,23,24). The summed E-state index contributed by atoms with van der Waals surface area (Å²) in [4.78, 5) is 45.3. The quantitative estimate of drug-likeness (QED) is 0.464. The first-order valence-electron chi connectivity index (χ1n) is 8.96. The van der Waals surface area contributed by atoms with Gasteiger partial charge in [0.25, 0.3) is 5.69 Å².